The molecule has 0 atom stereocenters. The molecule has 2 aromatic carbocycles. The number of ether oxygens (including phenoxy) is 2. The lowest BCUT2D eigenvalue weighted by Crippen LogP contribution is -2.13. The summed E-state index contributed by atoms with van der Waals surface area (Å²) < 4.78 is 10.9. The van der Waals surface area contributed by atoms with Crippen molar-refractivity contribution < 1.29 is 14.3 Å². The van der Waals surface area contributed by atoms with E-state index in [1.54, 1.807) is 12.1 Å². The summed E-state index contributed by atoms with van der Waals surface area (Å²) in [5, 5.41) is 3.26. The van der Waals surface area contributed by atoms with E-state index < -0.39 is 0 Å². The SMILES string of the molecule is CCCOc1c(Cl)cc(C(=O)Nc2ccc(C)cc2C)cc1OC. The number of methoxy groups -OCH3 is 1. The largest absolute Gasteiger partial charge is 0.493 e. The first-order valence-electron chi connectivity index (χ1n) is 7.85. The standard InChI is InChI=1S/C19H22ClNO3/c1-5-8-24-18-15(20)10-14(11-17(18)23-4)19(22)21-16-7-6-12(2)9-13(16)3/h6-7,9-11H,5,8H2,1-4H3,(H,21,22). The van der Waals surface area contributed by atoms with E-state index in [0.29, 0.717) is 28.7 Å². The van der Waals surface area contributed by atoms with Crippen LogP contribution in [0.25, 0.3) is 0 Å². The van der Waals surface area contributed by atoms with Crippen LogP contribution in [0.15, 0.2) is 30.3 Å². The van der Waals surface area contributed by atoms with E-state index in [2.05, 4.69) is 5.32 Å². The van der Waals surface area contributed by atoms with Gasteiger partial charge in [0.2, 0.25) is 0 Å². The molecule has 0 aliphatic heterocycles. The number of anilines is 1. The molecular formula is C19H22ClNO3. The summed E-state index contributed by atoms with van der Waals surface area (Å²) in [6.45, 7) is 6.51. The average molecular weight is 348 g/mol. The van der Waals surface area contributed by atoms with Gasteiger partial charge in [-0.2, -0.15) is 0 Å². The van der Waals surface area contributed by atoms with Gasteiger partial charge in [-0.25, -0.2) is 0 Å². The predicted molar refractivity (Wildman–Crippen MR) is 97.7 cm³/mol. The summed E-state index contributed by atoms with van der Waals surface area (Å²) in [6, 6.07) is 9.09. The van der Waals surface area contributed by atoms with Crippen LogP contribution >= 0.6 is 11.6 Å². The first kappa shape index (κ1) is 18.1. The number of hydrogen-bond acceptors (Lipinski definition) is 3. The average Bonchev–Trinajstić information content (AvgIpc) is 2.55. The quantitative estimate of drug-likeness (QED) is 0.799. The topological polar surface area (TPSA) is 47.6 Å². The Kier molecular flexibility index (Phi) is 6.10. The Hall–Kier alpha value is -2.20. The van der Waals surface area contributed by atoms with Crippen LogP contribution in [0.5, 0.6) is 11.5 Å². The number of hydrogen-bond donors (Lipinski definition) is 1. The number of nitrogens with one attached hydrogen (secondary N) is 1. The van der Waals surface area contributed by atoms with Crippen LogP contribution in [0, 0.1) is 13.8 Å². The Balaban J connectivity index is 2.27. The number of carbonyl (C=O) groups is 1. The van der Waals surface area contributed by atoms with E-state index >= 15 is 0 Å². The third kappa shape index (κ3) is 4.20. The summed E-state index contributed by atoms with van der Waals surface area (Å²) in [4.78, 5) is 12.5. The fourth-order valence-electron chi connectivity index (χ4n) is 2.34. The maximum absolute atomic E-state index is 12.5. The molecule has 4 nitrogen and oxygen atoms in total. The van der Waals surface area contributed by atoms with Crippen molar-refractivity contribution in [3.63, 3.8) is 0 Å². The van der Waals surface area contributed by atoms with Gasteiger partial charge >= 0.3 is 0 Å². The van der Waals surface area contributed by atoms with Crippen molar-refractivity contribution in [3.05, 3.63) is 52.0 Å². The lowest BCUT2D eigenvalue weighted by molar-refractivity contribution is 0.102. The molecule has 0 aliphatic rings. The van der Waals surface area contributed by atoms with E-state index in [0.717, 1.165) is 23.2 Å². The molecule has 1 amide bonds. The molecule has 24 heavy (non-hydrogen) atoms. The second-order valence-corrected chi connectivity index (χ2v) is 6.02. The summed E-state index contributed by atoms with van der Waals surface area (Å²) in [7, 11) is 1.52. The van der Waals surface area contributed by atoms with Gasteiger partial charge < -0.3 is 14.8 Å². The van der Waals surface area contributed by atoms with Gasteiger partial charge in [0.25, 0.3) is 5.91 Å². The van der Waals surface area contributed by atoms with Gasteiger partial charge in [0, 0.05) is 11.3 Å². The molecule has 0 bridgehead atoms. The Morgan fingerprint density at radius 1 is 1.21 bits per heavy atom. The predicted octanol–water partition coefficient (Wildman–Crippen LogP) is 5.01. The van der Waals surface area contributed by atoms with Crippen LogP contribution in [0.1, 0.15) is 34.8 Å². The Morgan fingerprint density at radius 2 is 1.96 bits per heavy atom. The van der Waals surface area contributed by atoms with Crippen LogP contribution in [0.4, 0.5) is 5.69 Å². The highest BCUT2D eigenvalue weighted by Crippen LogP contribution is 2.36. The molecule has 0 heterocycles. The van der Waals surface area contributed by atoms with E-state index in [1.165, 1.54) is 7.11 Å². The molecule has 2 aromatic rings. The molecular weight excluding hydrogens is 326 g/mol. The summed E-state index contributed by atoms with van der Waals surface area (Å²) in [5.41, 5.74) is 3.34. The molecule has 0 spiro atoms. The van der Waals surface area contributed by atoms with Crippen molar-refractivity contribution >= 4 is 23.2 Å². The van der Waals surface area contributed by atoms with Crippen molar-refractivity contribution in [2.45, 2.75) is 27.2 Å². The number of benzene rings is 2. The summed E-state index contributed by atoms with van der Waals surface area (Å²) >= 11 is 6.26. The number of rotatable bonds is 6. The van der Waals surface area contributed by atoms with Gasteiger partial charge in [0.15, 0.2) is 11.5 Å². The number of amides is 1. The number of aryl methyl sites for hydroxylation is 2. The Bertz CT molecular complexity index is 744. The van der Waals surface area contributed by atoms with Gasteiger partial charge in [-0.15, -0.1) is 0 Å². The van der Waals surface area contributed by atoms with Crippen molar-refractivity contribution in [1.82, 2.24) is 0 Å². The Labute approximate surface area is 147 Å². The minimum atomic E-state index is -0.246. The lowest BCUT2D eigenvalue weighted by atomic mass is 10.1. The fourth-order valence-corrected chi connectivity index (χ4v) is 2.61. The molecule has 0 saturated heterocycles. The van der Waals surface area contributed by atoms with Crippen LogP contribution in [0.2, 0.25) is 5.02 Å². The Morgan fingerprint density at radius 3 is 2.58 bits per heavy atom. The molecule has 0 unspecified atom stereocenters. The summed E-state index contributed by atoms with van der Waals surface area (Å²) in [6.07, 6.45) is 0.856. The molecule has 0 saturated carbocycles. The summed E-state index contributed by atoms with van der Waals surface area (Å²) in [5.74, 6) is 0.662. The van der Waals surface area contributed by atoms with Gasteiger partial charge in [-0.05, 0) is 44.0 Å². The minimum absolute atomic E-state index is 0.246. The molecule has 0 aliphatic carbocycles. The van der Waals surface area contributed by atoms with Crippen LogP contribution in [0.3, 0.4) is 0 Å². The number of halogens is 1. The van der Waals surface area contributed by atoms with Crippen molar-refractivity contribution in [2.75, 3.05) is 19.0 Å². The highest BCUT2D eigenvalue weighted by atomic mass is 35.5. The normalized spacial score (nSPS) is 10.4. The molecule has 0 fully saturated rings. The zero-order chi connectivity index (χ0) is 17.7. The second kappa shape index (κ2) is 8.06. The molecule has 0 radical (unpaired) electrons. The van der Waals surface area contributed by atoms with Gasteiger partial charge in [0.05, 0.1) is 18.7 Å². The maximum atomic E-state index is 12.5. The smallest absolute Gasteiger partial charge is 0.255 e. The zero-order valence-corrected chi connectivity index (χ0v) is 15.2. The van der Waals surface area contributed by atoms with E-state index in [4.69, 9.17) is 21.1 Å². The monoisotopic (exact) mass is 347 g/mol. The van der Waals surface area contributed by atoms with Crippen LogP contribution < -0.4 is 14.8 Å². The van der Waals surface area contributed by atoms with E-state index in [-0.39, 0.29) is 5.91 Å². The maximum Gasteiger partial charge on any atom is 0.255 e. The molecule has 1 N–H and O–H groups in total. The van der Waals surface area contributed by atoms with Gasteiger partial charge in [-0.1, -0.05) is 36.2 Å². The minimum Gasteiger partial charge on any atom is -0.493 e. The zero-order valence-electron chi connectivity index (χ0n) is 14.4. The number of carbonyl (C=O) groups excluding carboxylic acids is 1. The van der Waals surface area contributed by atoms with Crippen LogP contribution in [-0.4, -0.2) is 19.6 Å². The first-order chi connectivity index (χ1) is 11.5. The third-order valence-electron chi connectivity index (χ3n) is 3.57. The second-order valence-electron chi connectivity index (χ2n) is 5.61. The van der Waals surface area contributed by atoms with Crippen molar-refractivity contribution in [3.8, 4) is 11.5 Å². The third-order valence-corrected chi connectivity index (χ3v) is 3.85. The van der Waals surface area contributed by atoms with E-state index in [1.807, 2.05) is 39.0 Å². The highest BCUT2D eigenvalue weighted by Gasteiger charge is 2.16. The molecule has 5 heteroatoms. The van der Waals surface area contributed by atoms with Gasteiger partial charge in [0.1, 0.15) is 0 Å². The lowest BCUT2D eigenvalue weighted by Gasteiger charge is -2.14. The van der Waals surface area contributed by atoms with Crippen LogP contribution in [-0.2, 0) is 0 Å². The van der Waals surface area contributed by atoms with E-state index in [9.17, 15) is 4.79 Å². The molecule has 2 rings (SSSR count). The highest BCUT2D eigenvalue weighted by molar-refractivity contribution is 6.32. The molecule has 0 aromatic heterocycles. The van der Waals surface area contributed by atoms with Crippen molar-refractivity contribution in [1.29, 1.82) is 0 Å². The van der Waals surface area contributed by atoms with Gasteiger partial charge in [-0.3, -0.25) is 4.79 Å². The fraction of sp³-hybridized carbons (Fsp3) is 0.316. The van der Waals surface area contributed by atoms with Crippen molar-refractivity contribution in [2.24, 2.45) is 0 Å². The first-order valence-corrected chi connectivity index (χ1v) is 8.23. The molecule has 128 valence electrons.